The van der Waals surface area contributed by atoms with E-state index in [0.717, 1.165) is 50.2 Å². The zero-order valence-corrected chi connectivity index (χ0v) is 16.2. The lowest BCUT2D eigenvalue weighted by molar-refractivity contribution is 0.568. The Kier molecular flexibility index (Phi) is 3.46. The van der Waals surface area contributed by atoms with E-state index in [1.54, 1.807) is 18.7 Å². The van der Waals surface area contributed by atoms with Gasteiger partial charge in [-0.1, -0.05) is 12.1 Å². The Morgan fingerprint density at radius 2 is 1.90 bits per heavy atom. The van der Waals surface area contributed by atoms with E-state index in [2.05, 4.69) is 62.0 Å². The molecule has 0 amide bonds. The molecule has 0 bridgehead atoms. The van der Waals surface area contributed by atoms with Gasteiger partial charge in [0.15, 0.2) is 5.66 Å². The summed E-state index contributed by atoms with van der Waals surface area (Å²) in [4.78, 5) is 8.64. The van der Waals surface area contributed by atoms with Crippen molar-refractivity contribution in [3.63, 3.8) is 0 Å². The van der Waals surface area contributed by atoms with Crippen LogP contribution in [-0.2, 0) is 5.66 Å². The van der Waals surface area contributed by atoms with Gasteiger partial charge in [0.05, 0.1) is 35.6 Å². The van der Waals surface area contributed by atoms with Crippen LogP contribution < -0.4 is 10.6 Å². The van der Waals surface area contributed by atoms with E-state index in [-0.39, 0.29) is 0 Å². The van der Waals surface area contributed by atoms with Crippen LogP contribution in [-0.4, -0.2) is 20.2 Å². The summed E-state index contributed by atoms with van der Waals surface area (Å²) in [5, 5.41) is 16.1. The minimum Gasteiger partial charge on any atom is -0.472 e. The molecule has 0 aliphatic carbocycles. The molecule has 30 heavy (non-hydrogen) atoms. The van der Waals surface area contributed by atoms with Gasteiger partial charge in [-0.15, -0.1) is 0 Å². The molecule has 1 aromatic carbocycles. The summed E-state index contributed by atoms with van der Waals surface area (Å²) >= 11 is 0. The number of nitrogens with one attached hydrogen (secondary N) is 3. The van der Waals surface area contributed by atoms with Crippen molar-refractivity contribution in [1.82, 2.24) is 20.2 Å². The SMILES string of the molecule is CC1(c2n[nH]c3ccc(-c4cccnc4)cc23)Nc2cncc(-c3ccoc3)c2N1. The second-order valence-electron chi connectivity index (χ2n) is 7.57. The maximum absolute atomic E-state index is 5.27. The molecule has 7 heteroatoms. The van der Waals surface area contributed by atoms with Crippen LogP contribution >= 0.6 is 0 Å². The van der Waals surface area contributed by atoms with Crippen LogP contribution in [0.15, 0.2) is 78.1 Å². The van der Waals surface area contributed by atoms with Gasteiger partial charge in [-0.3, -0.25) is 15.1 Å². The van der Waals surface area contributed by atoms with Crippen molar-refractivity contribution in [3.8, 4) is 22.3 Å². The Morgan fingerprint density at radius 1 is 0.933 bits per heavy atom. The van der Waals surface area contributed by atoms with E-state index in [1.165, 1.54) is 0 Å². The standard InChI is InChI=1S/C23H18N6O/c1-23(26-20-12-25-11-18(21(20)27-23)16-6-8-30-13-16)22-17-9-14(4-5-19(17)28-29-22)15-3-2-7-24-10-15/h2-13,26-27H,1H3,(H,28,29). The Balaban J connectivity index is 1.45. The number of rotatable bonds is 3. The number of furan rings is 1. The number of aromatic nitrogens is 4. The number of hydrogen-bond donors (Lipinski definition) is 3. The van der Waals surface area contributed by atoms with E-state index in [9.17, 15) is 0 Å². The molecule has 0 radical (unpaired) electrons. The van der Waals surface area contributed by atoms with Crippen LogP contribution in [0.1, 0.15) is 12.6 Å². The number of fused-ring (bicyclic) bond motifs is 2. The average Bonchev–Trinajstić information content (AvgIpc) is 3.51. The quantitative estimate of drug-likeness (QED) is 0.399. The maximum Gasteiger partial charge on any atom is 0.151 e. The highest BCUT2D eigenvalue weighted by atomic mass is 16.3. The Morgan fingerprint density at radius 3 is 2.73 bits per heavy atom. The number of benzene rings is 1. The highest BCUT2D eigenvalue weighted by Gasteiger charge is 2.38. The fourth-order valence-electron chi connectivity index (χ4n) is 4.10. The van der Waals surface area contributed by atoms with Gasteiger partial charge in [-0.05, 0) is 36.8 Å². The van der Waals surface area contributed by atoms with Crippen molar-refractivity contribution in [3.05, 3.63) is 79.4 Å². The molecule has 6 rings (SSSR count). The molecule has 0 fully saturated rings. The third-order valence-corrected chi connectivity index (χ3v) is 5.57. The fourth-order valence-corrected chi connectivity index (χ4v) is 4.10. The summed E-state index contributed by atoms with van der Waals surface area (Å²) in [6.45, 7) is 2.08. The van der Waals surface area contributed by atoms with Crippen molar-refractivity contribution in [2.24, 2.45) is 0 Å². The Bertz CT molecular complexity index is 1360. The van der Waals surface area contributed by atoms with E-state index < -0.39 is 5.66 Å². The molecule has 0 spiro atoms. The first kappa shape index (κ1) is 16.8. The number of nitrogens with zero attached hydrogens (tertiary/aromatic N) is 3. The first-order valence-electron chi connectivity index (χ1n) is 9.67. The predicted molar refractivity (Wildman–Crippen MR) is 116 cm³/mol. The zero-order chi connectivity index (χ0) is 20.1. The minimum absolute atomic E-state index is 0.602. The normalized spacial score (nSPS) is 17.5. The van der Waals surface area contributed by atoms with E-state index >= 15 is 0 Å². The zero-order valence-electron chi connectivity index (χ0n) is 16.2. The lowest BCUT2D eigenvalue weighted by Gasteiger charge is -2.24. The molecule has 0 saturated carbocycles. The highest BCUT2D eigenvalue weighted by Crippen LogP contribution is 2.45. The molecule has 0 saturated heterocycles. The summed E-state index contributed by atoms with van der Waals surface area (Å²) in [5.41, 5.74) is 7.29. The third-order valence-electron chi connectivity index (χ3n) is 5.57. The minimum atomic E-state index is -0.602. The van der Waals surface area contributed by atoms with Crippen molar-refractivity contribution in [2.45, 2.75) is 12.6 Å². The monoisotopic (exact) mass is 394 g/mol. The molecule has 3 N–H and O–H groups in total. The number of H-pyrrole nitrogens is 1. The first-order chi connectivity index (χ1) is 14.7. The average molecular weight is 394 g/mol. The second-order valence-corrected chi connectivity index (χ2v) is 7.57. The van der Waals surface area contributed by atoms with Crippen LogP contribution in [0.25, 0.3) is 33.2 Å². The molecular formula is C23H18N6O. The van der Waals surface area contributed by atoms with Crippen LogP contribution in [0, 0.1) is 0 Å². The summed E-state index contributed by atoms with van der Waals surface area (Å²) < 4.78 is 5.27. The number of aromatic amines is 1. The summed E-state index contributed by atoms with van der Waals surface area (Å²) in [6.07, 6.45) is 10.7. The highest BCUT2D eigenvalue weighted by molar-refractivity contribution is 5.93. The molecule has 5 heterocycles. The topological polar surface area (TPSA) is 91.7 Å². The third kappa shape index (κ3) is 2.49. The van der Waals surface area contributed by atoms with Gasteiger partial charge in [0.2, 0.25) is 0 Å². The summed E-state index contributed by atoms with van der Waals surface area (Å²) in [7, 11) is 0. The molecule has 1 unspecified atom stereocenters. The van der Waals surface area contributed by atoms with E-state index in [1.807, 2.05) is 30.7 Å². The van der Waals surface area contributed by atoms with Crippen molar-refractivity contribution < 1.29 is 4.42 Å². The van der Waals surface area contributed by atoms with Gasteiger partial charge in [-0.2, -0.15) is 5.10 Å². The van der Waals surface area contributed by atoms with Crippen LogP contribution in [0.4, 0.5) is 11.4 Å². The molecule has 4 aromatic heterocycles. The largest absolute Gasteiger partial charge is 0.472 e. The Hall–Kier alpha value is -4.13. The number of pyridine rings is 2. The van der Waals surface area contributed by atoms with Gasteiger partial charge in [-0.25, -0.2) is 0 Å². The molecular weight excluding hydrogens is 376 g/mol. The second kappa shape index (κ2) is 6.18. The maximum atomic E-state index is 5.27. The smallest absolute Gasteiger partial charge is 0.151 e. The molecule has 1 aliphatic rings. The molecule has 7 nitrogen and oxygen atoms in total. The van der Waals surface area contributed by atoms with Crippen LogP contribution in [0.3, 0.4) is 0 Å². The molecule has 5 aromatic rings. The lowest BCUT2D eigenvalue weighted by Crippen LogP contribution is -2.35. The van der Waals surface area contributed by atoms with Crippen LogP contribution in [0.5, 0.6) is 0 Å². The summed E-state index contributed by atoms with van der Waals surface area (Å²) in [6, 6.07) is 12.2. The predicted octanol–water partition coefficient (Wildman–Crippen LogP) is 4.99. The van der Waals surface area contributed by atoms with Gasteiger partial charge in [0.1, 0.15) is 5.69 Å². The molecule has 1 atom stereocenters. The van der Waals surface area contributed by atoms with Gasteiger partial charge in [0, 0.05) is 40.7 Å². The molecule has 146 valence electrons. The van der Waals surface area contributed by atoms with E-state index in [4.69, 9.17) is 4.42 Å². The lowest BCUT2D eigenvalue weighted by atomic mass is 10.0. The molecule has 1 aliphatic heterocycles. The summed E-state index contributed by atoms with van der Waals surface area (Å²) in [5.74, 6) is 0. The van der Waals surface area contributed by atoms with Crippen molar-refractivity contribution in [2.75, 3.05) is 10.6 Å². The van der Waals surface area contributed by atoms with Crippen molar-refractivity contribution in [1.29, 1.82) is 0 Å². The van der Waals surface area contributed by atoms with Crippen LogP contribution in [0.2, 0.25) is 0 Å². The van der Waals surface area contributed by atoms with E-state index in [0.29, 0.717) is 0 Å². The van der Waals surface area contributed by atoms with Gasteiger partial charge >= 0.3 is 0 Å². The number of hydrogen-bond acceptors (Lipinski definition) is 6. The first-order valence-corrected chi connectivity index (χ1v) is 9.67. The van der Waals surface area contributed by atoms with Gasteiger partial charge in [0.25, 0.3) is 0 Å². The van der Waals surface area contributed by atoms with Gasteiger partial charge < -0.3 is 15.1 Å². The fraction of sp³-hybridized carbons (Fsp3) is 0.0870. The van der Waals surface area contributed by atoms with Crippen molar-refractivity contribution >= 4 is 22.3 Å². The Labute approximate surface area is 172 Å². The number of anilines is 2.